The van der Waals surface area contributed by atoms with Gasteiger partial charge in [-0.1, -0.05) is 6.07 Å². The summed E-state index contributed by atoms with van der Waals surface area (Å²) in [6.07, 6.45) is 5.05. The van der Waals surface area contributed by atoms with Crippen molar-refractivity contribution < 1.29 is 9.18 Å². The van der Waals surface area contributed by atoms with Crippen molar-refractivity contribution in [2.24, 2.45) is 5.92 Å². The van der Waals surface area contributed by atoms with Crippen molar-refractivity contribution in [3.8, 4) is 5.69 Å². The van der Waals surface area contributed by atoms with E-state index < -0.39 is 0 Å². The van der Waals surface area contributed by atoms with Crippen molar-refractivity contribution in [2.45, 2.75) is 12.8 Å². The van der Waals surface area contributed by atoms with E-state index >= 15 is 0 Å². The van der Waals surface area contributed by atoms with Crippen molar-refractivity contribution in [2.75, 3.05) is 19.8 Å². The molecule has 2 aromatic rings. The lowest BCUT2D eigenvalue weighted by Crippen LogP contribution is -2.38. The number of nitrogens with zero attached hydrogens (tertiary/aromatic N) is 3. The summed E-state index contributed by atoms with van der Waals surface area (Å²) in [5.74, 6) is 0.130. The van der Waals surface area contributed by atoms with E-state index in [1.54, 1.807) is 10.9 Å². The minimum absolute atomic E-state index is 0.0151. The second-order valence-electron chi connectivity index (χ2n) is 5.39. The quantitative estimate of drug-likeness (QED) is 0.870. The molecule has 1 fully saturated rings. The lowest BCUT2D eigenvalue weighted by Gasteiger charge is -2.30. The zero-order valence-electron chi connectivity index (χ0n) is 11.8. The minimum atomic E-state index is -0.281. The summed E-state index contributed by atoms with van der Waals surface area (Å²) in [4.78, 5) is 14.3. The Labute approximate surface area is 123 Å². The summed E-state index contributed by atoms with van der Waals surface area (Å²) in [6.45, 7) is 0.996. The summed E-state index contributed by atoms with van der Waals surface area (Å²) in [5, 5.41) is 4.17. The third-order valence-electron chi connectivity index (χ3n) is 3.98. The number of halogens is 1. The van der Waals surface area contributed by atoms with Crippen LogP contribution in [0, 0.1) is 5.92 Å². The lowest BCUT2D eigenvalue weighted by molar-refractivity contribution is 0.0677. The number of carbonyl (C=O) groups is 1. The maximum Gasteiger partial charge on any atom is 0.253 e. The molecule has 1 aliphatic heterocycles. The van der Waals surface area contributed by atoms with E-state index in [1.807, 2.05) is 41.4 Å². The van der Waals surface area contributed by atoms with Gasteiger partial charge in [0.25, 0.3) is 5.91 Å². The number of alkyl halides is 1. The van der Waals surface area contributed by atoms with Crippen LogP contribution in [0.5, 0.6) is 0 Å². The molecule has 1 aromatic carbocycles. The molecule has 0 aliphatic carbocycles. The fourth-order valence-electron chi connectivity index (χ4n) is 2.68. The molecule has 0 atom stereocenters. The normalized spacial score (nSPS) is 16.1. The van der Waals surface area contributed by atoms with Gasteiger partial charge in [0.05, 0.1) is 12.4 Å². The third-order valence-corrected chi connectivity index (χ3v) is 3.98. The average Bonchev–Trinajstić information content (AvgIpc) is 3.09. The van der Waals surface area contributed by atoms with Gasteiger partial charge in [-0.25, -0.2) is 4.68 Å². The van der Waals surface area contributed by atoms with Crippen molar-refractivity contribution in [3.05, 3.63) is 48.3 Å². The second kappa shape index (κ2) is 6.08. The smallest absolute Gasteiger partial charge is 0.253 e. The van der Waals surface area contributed by atoms with Gasteiger partial charge in [-0.05, 0) is 43.0 Å². The van der Waals surface area contributed by atoms with Crippen LogP contribution in [-0.4, -0.2) is 40.4 Å². The van der Waals surface area contributed by atoms with E-state index in [0.29, 0.717) is 18.7 Å². The van der Waals surface area contributed by atoms with Crippen LogP contribution in [0.25, 0.3) is 5.69 Å². The number of aromatic nitrogens is 2. The van der Waals surface area contributed by atoms with Gasteiger partial charge in [-0.15, -0.1) is 0 Å². The van der Waals surface area contributed by atoms with E-state index in [-0.39, 0.29) is 18.5 Å². The Morgan fingerprint density at radius 3 is 2.76 bits per heavy atom. The number of benzene rings is 1. The van der Waals surface area contributed by atoms with E-state index in [9.17, 15) is 9.18 Å². The van der Waals surface area contributed by atoms with Gasteiger partial charge < -0.3 is 4.90 Å². The Kier molecular flexibility index (Phi) is 3.99. The van der Waals surface area contributed by atoms with Crippen LogP contribution in [0.2, 0.25) is 0 Å². The molecule has 0 N–H and O–H groups in total. The number of piperidine rings is 1. The van der Waals surface area contributed by atoms with Gasteiger partial charge in [0.15, 0.2) is 0 Å². The van der Waals surface area contributed by atoms with E-state index in [4.69, 9.17) is 0 Å². The maximum atomic E-state index is 12.6. The number of likely N-dealkylation sites (tertiary alicyclic amines) is 1. The molecule has 110 valence electrons. The molecule has 0 saturated carbocycles. The van der Waals surface area contributed by atoms with Crippen LogP contribution in [0.4, 0.5) is 4.39 Å². The van der Waals surface area contributed by atoms with Crippen LogP contribution >= 0.6 is 0 Å². The Morgan fingerprint density at radius 1 is 1.29 bits per heavy atom. The van der Waals surface area contributed by atoms with Crippen LogP contribution < -0.4 is 0 Å². The monoisotopic (exact) mass is 287 g/mol. The molecule has 0 spiro atoms. The first-order valence-corrected chi connectivity index (χ1v) is 7.23. The molecule has 1 aliphatic rings. The summed E-state index contributed by atoms with van der Waals surface area (Å²) in [6, 6.07) is 9.28. The highest BCUT2D eigenvalue weighted by atomic mass is 19.1. The van der Waals surface area contributed by atoms with Gasteiger partial charge in [0.2, 0.25) is 0 Å². The molecular weight excluding hydrogens is 269 g/mol. The topological polar surface area (TPSA) is 38.1 Å². The van der Waals surface area contributed by atoms with Gasteiger partial charge in [0.1, 0.15) is 0 Å². The molecule has 0 radical (unpaired) electrons. The molecule has 0 unspecified atom stereocenters. The predicted octanol–water partition coefficient (Wildman–Crippen LogP) is 2.69. The Bertz CT molecular complexity index is 604. The number of carbonyl (C=O) groups excluding carboxylic acids is 1. The number of hydrogen-bond acceptors (Lipinski definition) is 2. The molecule has 1 aromatic heterocycles. The fraction of sp³-hybridized carbons (Fsp3) is 0.375. The first-order chi connectivity index (χ1) is 10.3. The highest BCUT2D eigenvalue weighted by molar-refractivity contribution is 5.94. The van der Waals surface area contributed by atoms with Crippen molar-refractivity contribution >= 4 is 5.91 Å². The maximum absolute atomic E-state index is 12.6. The Morgan fingerprint density at radius 2 is 2.10 bits per heavy atom. The molecule has 2 heterocycles. The molecular formula is C16H18FN3O. The summed E-state index contributed by atoms with van der Waals surface area (Å²) < 4.78 is 14.4. The summed E-state index contributed by atoms with van der Waals surface area (Å²) >= 11 is 0. The lowest BCUT2D eigenvalue weighted by atomic mass is 9.98. The number of amides is 1. The van der Waals surface area contributed by atoms with E-state index in [2.05, 4.69) is 5.10 Å². The average molecular weight is 287 g/mol. The number of hydrogen-bond donors (Lipinski definition) is 0. The predicted molar refractivity (Wildman–Crippen MR) is 78.2 cm³/mol. The van der Waals surface area contributed by atoms with Crippen LogP contribution in [0.1, 0.15) is 23.2 Å². The summed E-state index contributed by atoms with van der Waals surface area (Å²) in [7, 11) is 0. The van der Waals surface area contributed by atoms with Crippen molar-refractivity contribution in [1.29, 1.82) is 0 Å². The standard InChI is InChI=1S/C16H18FN3O/c17-12-13-5-9-19(10-6-13)16(21)14-3-1-4-15(11-14)20-8-2-7-18-20/h1-4,7-8,11,13H,5-6,9-10,12H2. The summed E-state index contributed by atoms with van der Waals surface area (Å²) in [5.41, 5.74) is 1.52. The zero-order valence-corrected chi connectivity index (χ0v) is 11.8. The molecule has 5 heteroatoms. The first-order valence-electron chi connectivity index (χ1n) is 7.23. The van der Waals surface area contributed by atoms with Gasteiger partial charge in [0, 0.05) is 31.0 Å². The molecule has 3 rings (SSSR count). The largest absolute Gasteiger partial charge is 0.339 e. The van der Waals surface area contributed by atoms with Gasteiger partial charge in [-0.3, -0.25) is 9.18 Å². The van der Waals surface area contributed by atoms with Gasteiger partial charge >= 0.3 is 0 Å². The zero-order chi connectivity index (χ0) is 14.7. The van der Waals surface area contributed by atoms with Crippen LogP contribution in [0.3, 0.4) is 0 Å². The highest BCUT2D eigenvalue weighted by Crippen LogP contribution is 2.20. The minimum Gasteiger partial charge on any atom is -0.339 e. The van der Waals surface area contributed by atoms with Crippen molar-refractivity contribution in [1.82, 2.24) is 14.7 Å². The Hall–Kier alpha value is -2.17. The first kappa shape index (κ1) is 13.8. The van der Waals surface area contributed by atoms with Crippen LogP contribution in [0.15, 0.2) is 42.7 Å². The van der Waals surface area contributed by atoms with Gasteiger partial charge in [-0.2, -0.15) is 5.10 Å². The molecule has 0 bridgehead atoms. The molecule has 4 nitrogen and oxygen atoms in total. The third kappa shape index (κ3) is 2.96. The molecule has 21 heavy (non-hydrogen) atoms. The molecule has 1 amide bonds. The van der Waals surface area contributed by atoms with E-state index in [0.717, 1.165) is 18.5 Å². The second-order valence-corrected chi connectivity index (χ2v) is 5.39. The van der Waals surface area contributed by atoms with E-state index in [1.165, 1.54) is 0 Å². The highest BCUT2D eigenvalue weighted by Gasteiger charge is 2.23. The van der Waals surface area contributed by atoms with Crippen molar-refractivity contribution in [3.63, 3.8) is 0 Å². The number of rotatable bonds is 3. The van der Waals surface area contributed by atoms with Crippen LogP contribution in [-0.2, 0) is 0 Å². The fourth-order valence-corrected chi connectivity index (χ4v) is 2.68. The Balaban J connectivity index is 1.75. The molecule has 1 saturated heterocycles. The SMILES string of the molecule is O=C(c1cccc(-n2cccn2)c1)N1CCC(CF)CC1.